The van der Waals surface area contributed by atoms with Gasteiger partial charge in [-0.05, 0) is 29.8 Å². The third kappa shape index (κ3) is 2.40. The quantitative estimate of drug-likeness (QED) is 0.830. The zero-order valence-electron chi connectivity index (χ0n) is 7.80. The smallest absolute Gasteiger partial charge is 0.257 e. The molecule has 0 spiro atoms. The summed E-state index contributed by atoms with van der Waals surface area (Å²) in [6.07, 6.45) is 0. The van der Waals surface area contributed by atoms with Gasteiger partial charge in [-0.1, -0.05) is 23.2 Å². The van der Waals surface area contributed by atoms with Gasteiger partial charge in [-0.2, -0.15) is 0 Å². The molecule has 0 radical (unpaired) electrons. The Bertz CT molecular complexity index is 538. The van der Waals surface area contributed by atoms with E-state index in [4.69, 9.17) is 34.8 Å². The van der Waals surface area contributed by atoms with Gasteiger partial charge in [-0.15, -0.1) is 0 Å². The number of alkyl halides is 2. The summed E-state index contributed by atoms with van der Waals surface area (Å²) in [5.41, 5.74) is 2.02. The predicted molar refractivity (Wildman–Crippen MR) is 65.2 cm³/mol. The van der Waals surface area contributed by atoms with Crippen molar-refractivity contribution in [1.82, 2.24) is 9.97 Å². The molecule has 0 unspecified atom stereocenters. The van der Waals surface area contributed by atoms with Gasteiger partial charge in [0.1, 0.15) is 0 Å². The zero-order chi connectivity index (χ0) is 11.7. The molecule has 2 aromatic rings. The Kier molecular flexibility index (Phi) is 3.23. The van der Waals surface area contributed by atoms with Crippen LogP contribution in [-0.2, 0) is 4.79 Å². The SMILES string of the molecule is O=C(Nc1ccc2nc(Cl)[nH]c2c1)C(Cl)Cl. The average Bonchev–Trinajstić information content (AvgIpc) is 2.57. The maximum absolute atomic E-state index is 11.2. The normalized spacial score (nSPS) is 11.0. The Morgan fingerprint density at radius 3 is 2.88 bits per heavy atom. The Hall–Kier alpha value is -0.970. The van der Waals surface area contributed by atoms with Gasteiger partial charge < -0.3 is 10.3 Å². The maximum atomic E-state index is 11.2. The summed E-state index contributed by atoms with van der Waals surface area (Å²) in [7, 11) is 0. The van der Waals surface area contributed by atoms with Gasteiger partial charge in [-0.25, -0.2) is 4.98 Å². The molecule has 0 saturated carbocycles. The topological polar surface area (TPSA) is 57.8 Å². The minimum Gasteiger partial charge on any atom is -0.329 e. The third-order valence-corrected chi connectivity index (χ3v) is 2.49. The molecule has 2 N–H and O–H groups in total. The van der Waals surface area contributed by atoms with Crippen molar-refractivity contribution in [3.8, 4) is 0 Å². The van der Waals surface area contributed by atoms with Crippen molar-refractivity contribution in [2.24, 2.45) is 0 Å². The van der Waals surface area contributed by atoms with E-state index in [-0.39, 0.29) is 0 Å². The Morgan fingerprint density at radius 2 is 2.19 bits per heavy atom. The number of aromatic nitrogens is 2. The zero-order valence-corrected chi connectivity index (χ0v) is 10.1. The van der Waals surface area contributed by atoms with Crippen LogP contribution in [0.4, 0.5) is 5.69 Å². The number of imidazole rings is 1. The molecular formula is C9H6Cl3N3O. The second-order valence-electron chi connectivity index (χ2n) is 3.05. The van der Waals surface area contributed by atoms with Crippen LogP contribution in [0.15, 0.2) is 18.2 Å². The van der Waals surface area contributed by atoms with Crippen LogP contribution in [0.25, 0.3) is 11.0 Å². The van der Waals surface area contributed by atoms with E-state index in [2.05, 4.69) is 15.3 Å². The number of halogens is 3. The highest BCUT2D eigenvalue weighted by molar-refractivity contribution is 6.54. The van der Waals surface area contributed by atoms with E-state index in [1.807, 2.05) is 0 Å². The van der Waals surface area contributed by atoms with Crippen molar-refractivity contribution < 1.29 is 4.79 Å². The van der Waals surface area contributed by atoms with E-state index >= 15 is 0 Å². The first-order chi connectivity index (χ1) is 7.56. The number of aromatic amines is 1. The Balaban J connectivity index is 2.29. The second-order valence-corrected chi connectivity index (χ2v) is 4.50. The van der Waals surface area contributed by atoms with E-state index in [0.717, 1.165) is 11.0 Å². The summed E-state index contributed by atoms with van der Waals surface area (Å²) in [4.78, 5) is 17.0. The predicted octanol–water partition coefficient (Wildman–Crippen LogP) is 2.96. The highest BCUT2D eigenvalue weighted by Gasteiger charge is 2.11. The van der Waals surface area contributed by atoms with Crippen LogP contribution in [0, 0.1) is 0 Å². The fourth-order valence-corrected chi connectivity index (χ4v) is 1.56. The van der Waals surface area contributed by atoms with Crippen molar-refractivity contribution in [2.45, 2.75) is 4.84 Å². The molecule has 1 aromatic heterocycles. The van der Waals surface area contributed by atoms with Gasteiger partial charge in [0.2, 0.25) is 5.28 Å². The minimum atomic E-state index is -1.10. The first-order valence-corrected chi connectivity index (χ1v) is 5.55. The van der Waals surface area contributed by atoms with Crippen LogP contribution in [0.2, 0.25) is 5.28 Å². The fraction of sp³-hybridized carbons (Fsp3) is 0.111. The summed E-state index contributed by atoms with van der Waals surface area (Å²) < 4.78 is 0. The van der Waals surface area contributed by atoms with Crippen LogP contribution >= 0.6 is 34.8 Å². The molecule has 0 fully saturated rings. The summed E-state index contributed by atoms with van der Waals surface area (Å²) >= 11 is 16.5. The van der Waals surface area contributed by atoms with Gasteiger partial charge in [-0.3, -0.25) is 4.79 Å². The minimum absolute atomic E-state index is 0.297. The summed E-state index contributed by atoms with van der Waals surface area (Å²) in [5, 5.41) is 2.85. The van der Waals surface area contributed by atoms with E-state index < -0.39 is 10.7 Å². The Morgan fingerprint density at radius 1 is 1.44 bits per heavy atom. The van der Waals surface area contributed by atoms with Crippen LogP contribution in [0.3, 0.4) is 0 Å². The number of carbonyl (C=O) groups is 1. The number of H-pyrrole nitrogens is 1. The number of benzene rings is 1. The number of hydrogen-bond acceptors (Lipinski definition) is 2. The number of nitrogens with zero attached hydrogens (tertiary/aromatic N) is 1. The molecule has 2 rings (SSSR count). The van der Waals surface area contributed by atoms with E-state index in [1.165, 1.54) is 0 Å². The molecule has 0 atom stereocenters. The molecule has 4 nitrogen and oxygen atoms in total. The molecule has 16 heavy (non-hydrogen) atoms. The third-order valence-electron chi connectivity index (χ3n) is 1.92. The molecule has 1 aromatic carbocycles. The highest BCUT2D eigenvalue weighted by Crippen LogP contribution is 2.19. The van der Waals surface area contributed by atoms with Crippen LogP contribution < -0.4 is 5.32 Å². The van der Waals surface area contributed by atoms with E-state index in [0.29, 0.717) is 11.0 Å². The van der Waals surface area contributed by atoms with Gasteiger partial charge in [0.15, 0.2) is 4.84 Å². The Labute approximate surface area is 106 Å². The monoisotopic (exact) mass is 277 g/mol. The lowest BCUT2D eigenvalue weighted by Crippen LogP contribution is -2.18. The van der Waals surface area contributed by atoms with Gasteiger partial charge >= 0.3 is 0 Å². The standard InChI is InChI=1S/C9H6Cl3N3O/c10-7(11)8(16)13-4-1-2-5-6(3-4)15-9(12)14-5/h1-3,7H,(H,13,16)(H,14,15). The first kappa shape index (κ1) is 11.5. The van der Waals surface area contributed by atoms with E-state index in [1.54, 1.807) is 18.2 Å². The average molecular weight is 279 g/mol. The lowest BCUT2D eigenvalue weighted by Gasteiger charge is -2.04. The van der Waals surface area contributed by atoms with Crippen LogP contribution in [-0.4, -0.2) is 20.7 Å². The molecule has 0 aliphatic rings. The van der Waals surface area contributed by atoms with Crippen molar-refractivity contribution in [2.75, 3.05) is 5.32 Å². The first-order valence-electron chi connectivity index (χ1n) is 4.30. The van der Waals surface area contributed by atoms with Gasteiger partial charge in [0, 0.05) is 5.69 Å². The van der Waals surface area contributed by atoms with Crippen LogP contribution in [0.1, 0.15) is 0 Å². The molecular weight excluding hydrogens is 272 g/mol. The number of rotatable bonds is 2. The number of amides is 1. The highest BCUT2D eigenvalue weighted by atomic mass is 35.5. The van der Waals surface area contributed by atoms with Crippen molar-refractivity contribution in [1.29, 1.82) is 0 Å². The second kappa shape index (κ2) is 4.49. The maximum Gasteiger partial charge on any atom is 0.257 e. The van der Waals surface area contributed by atoms with Crippen molar-refractivity contribution in [3.63, 3.8) is 0 Å². The molecule has 0 aliphatic carbocycles. The lowest BCUT2D eigenvalue weighted by atomic mass is 10.3. The number of anilines is 1. The number of carbonyl (C=O) groups excluding carboxylic acids is 1. The molecule has 0 saturated heterocycles. The van der Waals surface area contributed by atoms with Crippen molar-refractivity contribution >= 4 is 57.4 Å². The lowest BCUT2D eigenvalue weighted by molar-refractivity contribution is -0.114. The fourth-order valence-electron chi connectivity index (χ4n) is 1.25. The molecule has 0 aliphatic heterocycles. The summed E-state index contributed by atoms with van der Waals surface area (Å²) in [6, 6.07) is 5.11. The van der Waals surface area contributed by atoms with Crippen LogP contribution in [0.5, 0.6) is 0 Å². The van der Waals surface area contributed by atoms with E-state index in [9.17, 15) is 4.79 Å². The van der Waals surface area contributed by atoms with Gasteiger partial charge in [0.05, 0.1) is 11.0 Å². The molecule has 7 heteroatoms. The largest absolute Gasteiger partial charge is 0.329 e. The molecule has 1 amide bonds. The van der Waals surface area contributed by atoms with Gasteiger partial charge in [0.25, 0.3) is 5.91 Å². The summed E-state index contributed by atoms with van der Waals surface area (Å²) in [5.74, 6) is -0.478. The van der Waals surface area contributed by atoms with Crippen molar-refractivity contribution in [3.05, 3.63) is 23.5 Å². The number of fused-ring (bicyclic) bond motifs is 1. The number of nitrogens with one attached hydrogen (secondary N) is 2. The molecule has 84 valence electrons. The number of hydrogen-bond donors (Lipinski definition) is 2. The molecule has 1 heterocycles. The summed E-state index contributed by atoms with van der Waals surface area (Å²) in [6.45, 7) is 0. The molecule has 0 bridgehead atoms.